The van der Waals surface area contributed by atoms with E-state index in [4.69, 9.17) is 16.0 Å². The smallest absolute Gasteiger partial charge is 0.274 e. The van der Waals surface area contributed by atoms with E-state index in [1.165, 1.54) is 11.1 Å². The molecule has 2 N–H and O–H groups in total. The highest BCUT2D eigenvalue weighted by atomic mass is 35.5. The number of aromatic nitrogens is 2. The molecule has 3 aromatic carbocycles. The van der Waals surface area contributed by atoms with Gasteiger partial charge < -0.3 is 9.73 Å². The standard InChI is InChI=1S/C23H20ClN3O/c1-16(22-26-27-23(28-22)19-13-8-14-20(24)15-19)25-21(17-9-4-2-5-10-17)18-11-6-3-7-12-18/h2-16,21,25H,1H3/p+1/t16-/m1/s1. The highest BCUT2D eigenvalue weighted by Gasteiger charge is 2.25. The van der Waals surface area contributed by atoms with Crippen molar-refractivity contribution in [2.45, 2.75) is 19.0 Å². The SMILES string of the molecule is C[C@@H]([NH2+]C(c1ccccc1)c1ccccc1)c1nnc(-c2cccc(Cl)c2)o1. The van der Waals surface area contributed by atoms with Crippen molar-refractivity contribution in [3.63, 3.8) is 0 Å². The van der Waals surface area contributed by atoms with Crippen LogP contribution in [-0.2, 0) is 0 Å². The molecule has 5 heteroatoms. The number of nitrogens with zero attached hydrogens (tertiary/aromatic N) is 2. The van der Waals surface area contributed by atoms with Crippen molar-refractivity contribution in [2.75, 3.05) is 0 Å². The third-order valence-electron chi connectivity index (χ3n) is 4.70. The molecule has 0 saturated heterocycles. The molecule has 0 bridgehead atoms. The summed E-state index contributed by atoms with van der Waals surface area (Å²) in [5, 5.41) is 11.4. The maximum Gasteiger partial charge on any atom is 0.274 e. The minimum atomic E-state index is -0.00848. The number of rotatable bonds is 6. The van der Waals surface area contributed by atoms with E-state index in [1.54, 1.807) is 0 Å². The summed E-state index contributed by atoms with van der Waals surface area (Å²) in [5.74, 6) is 1.07. The lowest BCUT2D eigenvalue weighted by atomic mass is 9.98. The van der Waals surface area contributed by atoms with Crippen LogP contribution in [0, 0.1) is 0 Å². The topological polar surface area (TPSA) is 55.5 Å². The molecule has 0 aliphatic carbocycles. The average Bonchev–Trinajstić information content (AvgIpc) is 3.24. The lowest BCUT2D eigenvalue weighted by molar-refractivity contribution is -0.725. The Morgan fingerprint density at radius 1 is 0.821 bits per heavy atom. The Bertz CT molecular complexity index is 994. The fraction of sp³-hybridized carbons (Fsp3) is 0.130. The Balaban J connectivity index is 1.59. The van der Waals surface area contributed by atoms with Gasteiger partial charge in [-0.1, -0.05) is 78.3 Å². The zero-order valence-electron chi connectivity index (χ0n) is 15.5. The van der Waals surface area contributed by atoms with Crippen molar-refractivity contribution in [1.82, 2.24) is 10.2 Å². The Kier molecular flexibility index (Phi) is 5.51. The Morgan fingerprint density at radius 3 is 2.07 bits per heavy atom. The summed E-state index contributed by atoms with van der Waals surface area (Å²) < 4.78 is 5.95. The van der Waals surface area contributed by atoms with E-state index in [1.807, 2.05) is 36.4 Å². The zero-order valence-corrected chi connectivity index (χ0v) is 16.3. The van der Waals surface area contributed by atoms with Gasteiger partial charge in [0.15, 0.2) is 6.04 Å². The number of hydrogen-bond acceptors (Lipinski definition) is 3. The van der Waals surface area contributed by atoms with Gasteiger partial charge >= 0.3 is 0 Å². The van der Waals surface area contributed by atoms with Gasteiger partial charge in [-0.2, -0.15) is 0 Å². The van der Waals surface area contributed by atoms with Gasteiger partial charge in [0.05, 0.1) is 0 Å². The second kappa shape index (κ2) is 8.38. The van der Waals surface area contributed by atoms with E-state index < -0.39 is 0 Å². The van der Waals surface area contributed by atoms with Gasteiger partial charge in [0.25, 0.3) is 5.89 Å². The highest BCUT2D eigenvalue weighted by Crippen LogP contribution is 2.24. The summed E-state index contributed by atoms with van der Waals surface area (Å²) in [5.41, 5.74) is 3.28. The van der Waals surface area contributed by atoms with E-state index in [-0.39, 0.29) is 12.1 Å². The zero-order chi connectivity index (χ0) is 19.3. The first kappa shape index (κ1) is 18.4. The first-order valence-electron chi connectivity index (χ1n) is 9.25. The third kappa shape index (κ3) is 4.14. The molecule has 0 saturated carbocycles. The summed E-state index contributed by atoms with van der Waals surface area (Å²) in [4.78, 5) is 0. The number of halogens is 1. The highest BCUT2D eigenvalue weighted by molar-refractivity contribution is 6.30. The lowest BCUT2D eigenvalue weighted by Crippen LogP contribution is -2.86. The van der Waals surface area contributed by atoms with Crippen molar-refractivity contribution in [3.05, 3.63) is 107 Å². The van der Waals surface area contributed by atoms with Crippen LogP contribution in [0.15, 0.2) is 89.3 Å². The molecule has 0 aliphatic heterocycles. The number of benzene rings is 3. The fourth-order valence-corrected chi connectivity index (χ4v) is 3.45. The molecule has 0 aliphatic rings. The van der Waals surface area contributed by atoms with Crippen LogP contribution in [0.2, 0.25) is 5.02 Å². The van der Waals surface area contributed by atoms with Gasteiger partial charge in [-0.25, -0.2) is 0 Å². The molecule has 4 aromatic rings. The van der Waals surface area contributed by atoms with Gasteiger partial charge in [-0.3, -0.25) is 0 Å². The minimum Gasteiger partial charge on any atom is -0.415 e. The Hall–Kier alpha value is -2.95. The molecular formula is C23H21ClN3O+. The molecule has 0 fully saturated rings. The molecule has 28 heavy (non-hydrogen) atoms. The van der Waals surface area contributed by atoms with Crippen LogP contribution in [-0.4, -0.2) is 10.2 Å². The van der Waals surface area contributed by atoms with Gasteiger partial charge in [-0.15, -0.1) is 10.2 Å². The van der Waals surface area contributed by atoms with Crippen molar-refractivity contribution in [2.24, 2.45) is 0 Å². The maximum atomic E-state index is 6.07. The van der Waals surface area contributed by atoms with E-state index in [2.05, 4.69) is 71.0 Å². The Labute approximate surface area is 169 Å². The van der Waals surface area contributed by atoms with Crippen molar-refractivity contribution in [3.8, 4) is 11.5 Å². The summed E-state index contributed by atoms with van der Waals surface area (Å²) in [7, 11) is 0. The van der Waals surface area contributed by atoms with Crippen LogP contribution in [0.5, 0.6) is 0 Å². The molecular weight excluding hydrogens is 370 g/mol. The molecule has 0 radical (unpaired) electrons. The van der Waals surface area contributed by atoms with Gasteiger partial charge in [-0.05, 0) is 25.1 Å². The van der Waals surface area contributed by atoms with Crippen LogP contribution in [0.1, 0.15) is 36.0 Å². The van der Waals surface area contributed by atoms with Crippen LogP contribution < -0.4 is 5.32 Å². The van der Waals surface area contributed by atoms with Crippen LogP contribution >= 0.6 is 11.6 Å². The normalized spacial score (nSPS) is 12.2. The summed E-state index contributed by atoms with van der Waals surface area (Å²) >= 11 is 6.07. The maximum absolute atomic E-state index is 6.07. The average molecular weight is 391 g/mol. The molecule has 0 spiro atoms. The molecule has 4 rings (SSSR count). The Morgan fingerprint density at radius 2 is 1.46 bits per heavy atom. The third-order valence-corrected chi connectivity index (χ3v) is 4.94. The minimum absolute atomic E-state index is 0.00848. The van der Waals surface area contributed by atoms with E-state index in [9.17, 15) is 0 Å². The van der Waals surface area contributed by atoms with Gasteiger partial charge in [0.1, 0.15) is 6.04 Å². The van der Waals surface area contributed by atoms with Crippen molar-refractivity contribution >= 4 is 11.6 Å². The largest absolute Gasteiger partial charge is 0.415 e. The molecule has 140 valence electrons. The number of quaternary nitrogens is 1. The first-order chi connectivity index (χ1) is 13.7. The van der Waals surface area contributed by atoms with Gasteiger partial charge in [0.2, 0.25) is 5.89 Å². The van der Waals surface area contributed by atoms with Gasteiger partial charge in [0, 0.05) is 21.7 Å². The molecule has 1 aromatic heterocycles. The van der Waals surface area contributed by atoms with Crippen molar-refractivity contribution < 1.29 is 9.73 Å². The predicted octanol–water partition coefficient (Wildman–Crippen LogP) is 4.80. The van der Waals surface area contributed by atoms with Crippen LogP contribution in [0.3, 0.4) is 0 Å². The lowest BCUT2D eigenvalue weighted by Gasteiger charge is -2.19. The van der Waals surface area contributed by atoms with Crippen LogP contribution in [0.4, 0.5) is 0 Å². The summed E-state index contributed by atoms with van der Waals surface area (Å²) in [6.45, 7) is 2.08. The van der Waals surface area contributed by atoms with E-state index in [0.717, 1.165) is 5.56 Å². The molecule has 4 nitrogen and oxygen atoms in total. The number of nitrogens with two attached hydrogens (primary N) is 1. The quantitative estimate of drug-likeness (QED) is 0.514. The molecule has 0 unspecified atom stereocenters. The first-order valence-corrected chi connectivity index (χ1v) is 9.63. The van der Waals surface area contributed by atoms with E-state index >= 15 is 0 Å². The second-order valence-electron chi connectivity index (χ2n) is 6.74. The summed E-state index contributed by atoms with van der Waals surface area (Å²) in [6, 6.07) is 28.5. The predicted molar refractivity (Wildman–Crippen MR) is 110 cm³/mol. The monoisotopic (exact) mass is 390 g/mol. The fourth-order valence-electron chi connectivity index (χ4n) is 3.26. The van der Waals surface area contributed by atoms with E-state index in [0.29, 0.717) is 16.8 Å². The molecule has 1 atom stereocenters. The van der Waals surface area contributed by atoms with Crippen LogP contribution in [0.25, 0.3) is 11.5 Å². The second-order valence-corrected chi connectivity index (χ2v) is 7.17. The molecule has 1 heterocycles. The summed E-state index contributed by atoms with van der Waals surface area (Å²) in [6.07, 6.45) is 0. The van der Waals surface area contributed by atoms with Crippen molar-refractivity contribution in [1.29, 1.82) is 0 Å². The molecule has 0 amide bonds. The number of hydrogen-bond donors (Lipinski definition) is 1.